The maximum absolute atomic E-state index is 12.3. The molecule has 1 aliphatic heterocycles. The number of aryl methyl sites for hydroxylation is 2. The molecule has 1 fully saturated rings. The molecule has 166 valence electrons. The van der Waals surface area contributed by atoms with E-state index in [0.29, 0.717) is 19.0 Å². The van der Waals surface area contributed by atoms with E-state index in [2.05, 4.69) is 66.5 Å². The van der Waals surface area contributed by atoms with Gasteiger partial charge >= 0.3 is 0 Å². The van der Waals surface area contributed by atoms with Crippen molar-refractivity contribution in [3.63, 3.8) is 0 Å². The van der Waals surface area contributed by atoms with Crippen molar-refractivity contribution in [2.75, 3.05) is 19.8 Å². The highest BCUT2D eigenvalue weighted by atomic mass is 32.2. The fourth-order valence-electron chi connectivity index (χ4n) is 4.39. The molecular formula is C28H32N2OS. The van der Waals surface area contributed by atoms with E-state index in [-0.39, 0.29) is 5.91 Å². The molecule has 0 atom stereocenters. The molecule has 0 radical (unpaired) electrons. The number of amides is 1. The molecule has 32 heavy (non-hydrogen) atoms. The highest BCUT2D eigenvalue weighted by molar-refractivity contribution is 7.99. The van der Waals surface area contributed by atoms with Crippen LogP contribution in [0.15, 0.2) is 82.6 Å². The number of piperidine rings is 1. The highest BCUT2D eigenvalue weighted by Gasteiger charge is 2.23. The lowest BCUT2D eigenvalue weighted by Gasteiger charge is -2.33. The minimum Gasteiger partial charge on any atom is -0.343 e. The molecule has 1 heterocycles. The van der Waals surface area contributed by atoms with E-state index in [1.54, 1.807) is 0 Å². The van der Waals surface area contributed by atoms with Crippen LogP contribution in [0.1, 0.15) is 41.0 Å². The summed E-state index contributed by atoms with van der Waals surface area (Å²) in [5.74, 6) is 0.661. The Morgan fingerprint density at radius 3 is 2.41 bits per heavy atom. The van der Waals surface area contributed by atoms with Gasteiger partial charge < -0.3 is 5.32 Å². The Hall–Kier alpha value is -2.56. The molecule has 0 aromatic heterocycles. The smallest absolute Gasteiger partial charge is 0.225 e. The van der Waals surface area contributed by atoms with Gasteiger partial charge in [0.1, 0.15) is 0 Å². The predicted octanol–water partition coefficient (Wildman–Crippen LogP) is 5.95. The van der Waals surface area contributed by atoms with Crippen LogP contribution in [-0.4, -0.2) is 30.6 Å². The minimum absolute atomic E-state index is 0.0912. The first-order valence-electron chi connectivity index (χ1n) is 11.5. The molecule has 4 rings (SSSR count). The van der Waals surface area contributed by atoms with E-state index in [1.165, 1.54) is 26.5 Å². The summed E-state index contributed by atoms with van der Waals surface area (Å²) in [7, 11) is 0. The van der Waals surface area contributed by atoms with Crippen molar-refractivity contribution in [2.24, 2.45) is 0 Å². The summed E-state index contributed by atoms with van der Waals surface area (Å²) in [6.45, 7) is 7.00. The van der Waals surface area contributed by atoms with Crippen LogP contribution in [0, 0.1) is 13.8 Å². The van der Waals surface area contributed by atoms with Crippen molar-refractivity contribution in [1.29, 1.82) is 0 Å². The van der Waals surface area contributed by atoms with Crippen molar-refractivity contribution in [2.45, 2.75) is 48.8 Å². The van der Waals surface area contributed by atoms with E-state index >= 15 is 0 Å². The quantitative estimate of drug-likeness (QED) is 0.489. The van der Waals surface area contributed by atoms with E-state index in [9.17, 15) is 4.79 Å². The Morgan fingerprint density at radius 1 is 0.938 bits per heavy atom. The maximum atomic E-state index is 12.3. The van der Waals surface area contributed by atoms with E-state index in [4.69, 9.17) is 0 Å². The zero-order chi connectivity index (χ0) is 22.3. The summed E-state index contributed by atoms with van der Waals surface area (Å²) in [6, 6.07) is 25.5. The van der Waals surface area contributed by atoms with Crippen LogP contribution in [0.5, 0.6) is 0 Å². The molecule has 0 saturated carbocycles. The average molecular weight is 445 g/mol. The summed E-state index contributed by atoms with van der Waals surface area (Å²) in [4.78, 5) is 17.3. The first-order valence-corrected chi connectivity index (χ1v) is 12.3. The number of benzene rings is 3. The standard InChI is InChI=1S/C28H32N2OS/c1-21-12-13-26(22(2)18-21)32-27-11-7-6-10-25(27)24-14-16-30(17-15-24)20-29-28(31)19-23-8-4-3-5-9-23/h3-13,18,24H,14-17,19-20H2,1-2H3,(H,29,31). The number of carbonyl (C=O) groups excluding carboxylic acids is 1. The molecule has 1 amide bonds. The van der Waals surface area contributed by atoms with Crippen LogP contribution >= 0.6 is 11.8 Å². The summed E-state index contributed by atoms with van der Waals surface area (Å²) >= 11 is 1.89. The van der Waals surface area contributed by atoms with E-state index < -0.39 is 0 Å². The van der Waals surface area contributed by atoms with Crippen LogP contribution in [-0.2, 0) is 11.2 Å². The lowest BCUT2D eigenvalue weighted by atomic mass is 9.89. The lowest BCUT2D eigenvalue weighted by molar-refractivity contribution is -0.121. The second-order valence-corrected chi connectivity index (χ2v) is 9.81. The van der Waals surface area contributed by atoms with Crippen LogP contribution in [0.25, 0.3) is 0 Å². The lowest BCUT2D eigenvalue weighted by Crippen LogP contribution is -2.42. The normalized spacial score (nSPS) is 14.9. The second kappa shape index (κ2) is 10.8. The molecule has 1 N–H and O–H groups in total. The third kappa shape index (κ3) is 6.02. The van der Waals surface area contributed by atoms with Gasteiger partial charge in [-0.2, -0.15) is 0 Å². The summed E-state index contributed by atoms with van der Waals surface area (Å²) in [5, 5.41) is 3.09. The van der Waals surface area contributed by atoms with Crippen molar-refractivity contribution < 1.29 is 4.79 Å². The molecule has 3 nitrogen and oxygen atoms in total. The Labute approximate surface area is 196 Å². The van der Waals surface area contributed by atoms with Gasteiger partial charge in [0, 0.05) is 22.9 Å². The van der Waals surface area contributed by atoms with Gasteiger partial charge in [0.05, 0.1) is 13.1 Å². The van der Waals surface area contributed by atoms with Gasteiger partial charge in [-0.3, -0.25) is 9.69 Å². The van der Waals surface area contributed by atoms with Crippen molar-refractivity contribution >= 4 is 17.7 Å². The number of nitrogens with zero attached hydrogens (tertiary/aromatic N) is 1. The van der Waals surface area contributed by atoms with E-state index in [1.807, 2.05) is 42.1 Å². The zero-order valence-electron chi connectivity index (χ0n) is 19.0. The van der Waals surface area contributed by atoms with Crippen LogP contribution in [0.4, 0.5) is 0 Å². The Bertz CT molecular complexity index is 1040. The number of nitrogens with one attached hydrogen (secondary N) is 1. The molecule has 3 aromatic rings. The van der Waals surface area contributed by atoms with Gasteiger partial charge in [-0.15, -0.1) is 0 Å². The minimum atomic E-state index is 0.0912. The largest absolute Gasteiger partial charge is 0.343 e. The Morgan fingerprint density at radius 2 is 1.66 bits per heavy atom. The molecule has 1 saturated heterocycles. The van der Waals surface area contributed by atoms with Crippen LogP contribution in [0.3, 0.4) is 0 Å². The molecule has 0 aliphatic carbocycles. The second-order valence-electron chi connectivity index (χ2n) is 8.72. The SMILES string of the molecule is Cc1ccc(Sc2ccccc2C2CCN(CNC(=O)Cc3ccccc3)CC2)c(C)c1. The molecule has 0 unspecified atom stereocenters. The predicted molar refractivity (Wildman–Crippen MR) is 133 cm³/mol. The number of likely N-dealkylation sites (tertiary alicyclic amines) is 1. The molecule has 4 heteroatoms. The number of hydrogen-bond donors (Lipinski definition) is 1. The van der Waals surface area contributed by atoms with Gasteiger partial charge in [-0.1, -0.05) is 78.0 Å². The number of hydrogen-bond acceptors (Lipinski definition) is 3. The van der Waals surface area contributed by atoms with Gasteiger partial charge in [0.2, 0.25) is 5.91 Å². The van der Waals surface area contributed by atoms with Gasteiger partial charge in [-0.05, 0) is 61.4 Å². The van der Waals surface area contributed by atoms with Crippen molar-refractivity contribution in [3.8, 4) is 0 Å². The molecule has 0 bridgehead atoms. The van der Waals surface area contributed by atoms with Gasteiger partial charge in [0.25, 0.3) is 0 Å². The van der Waals surface area contributed by atoms with Crippen molar-refractivity contribution in [1.82, 2.24) is 10.2 Å². The van der Waals surface area contributed by atoms with Gasteiger partial charge in [-0.25, -0.2) is 0 Å². The van der Waals surface area contributed by atoms with Gasteiger partial charge in [0.15, 0.2) is 0 Å². The Balaban J connectivity index is 1.31. The summed E-state index contributed by atoms with van der Waals surface area (Å²) in [5.41, 5.74) is 5.17. The average Bonchev–Trinajstić information content (AvgIpc) is 2.81. The first kappa shape index (κ1) is 22.6. The van der Waals surface area contributed by atoms with Crippen molar-refractivity contribution in [3.05, 3.63) is 95.1 Å². The fraction of sp³-hybridized carbons (Fsp3) is 0.321. The molecule has 0 spiro atoms. The Kier molecular flexibility index (Phi) is 7.67. The number of carbonyl (C=O) groups is 1. The number of rotatable bonds is 7. The molecule has 3 aromatic carbocycles. The molecular weight excluding hydrogens is 412 g/mol. The maximum Gasteiger partial charge on any atom is 0.225 e. The monoisotopic (exact) mass is 444 g/mol. The summed E-state index contributed by atoms with van der Waals surface area (Å²) in [6.07, 6.45) is 2.69. The first-order chi connectivity index (χ1) is 15.6. The topological polar surface area (TPSA) is 32.3 Å². The fourth-order valence-corrected chi connectivity index (χ4v) is 5.48. The van der Waals surface area contributed by atoms with Crippen LogP contribution in [0.2, 0.25) is 0 Å². The third-order valence-electron chi connectivity index (χ3n) is 6.20. The van der Waals surface area contributed by atoms with Crippen LogP contribution < -0.4 is 5.32 Å². The zero-order valence-corrected chi connectivity index (χ0v) is 19.8. The highest BCUT2D eigenvalue weighted by Crippen LogP contribution is 2.39. The third-order valence-corrected chi connectivity index (χ3v) is 7.47. The van der Waals surface area contributed by atoms with E-state index in [0.717, 1.165) is 31.5 Å². The molecule has 1 aliphatic rings. The summed E-state index contributed by atoms with van der Waals surface area (Å²) < 4.78 is 0.